The first-order chi connectivity index (χ1) is 15.6. The van der Waals surface area contributed by atoms with E-state index < -0.39 is 6.17 Å². The SMILES string of the molecule is F[C@@H]1COC[C@H]1N1CCN(c2cc3c(cnn3-c3cnn(C45CC(C4)C5)c3)cc2Cl)CC1. The zero-order valence-corrected chi connectivity index (χ0v) is 18.6. The number of piperazine rings is 1. The molecule has 8 rings (SSSR count). The molecule has 5 fully saturated rings. The molecule has 7 nitrogen and oxygen atoms in total. The van der Waals surface area contributed by atoms with Gasteiger partial charge in [0.25, 0.3) is 0 Å². The van der Waals surface area contributed by atoms with Crippen molar-refractivity contribution in [3.05, 3.63) is 35.7 Å². The van der Waals surface area contributed by atoms with Crippen molar-refractivity contribution in [1.29, 1.82) is 0 Å². The molecule has 2 atom stereocenters. The normalized spacial score (nSPS) is 32.3. The fourth-order valence-corrected chi connectivity index (χ4v) is 6.32. The molecule has 3 aromatic rings. The van der Waals surface area contributed by atoms with Crippen molar-refractivity contribution in [3.8, 4) is 5.69 Å². The molecule has 0 unspecified atom stereocenters. The van der Waals surface area contributed by atoms with E-state index in [0.29, 0.717) is 6.61 Å². The van der Waals surface area contributed by atoms with Crippen LogP contribution in [0.1, 0.15) is 19.3 Å². The first kappa shape index (κ1) is 19.3. The number of rotatable bonds is 4. The summed E-state index contributed by atoms with van der Waals surface area (Å²) in [6, 6.07) is 4.01. The second kappa shape index (κ2) is 6.92. The molecule has 3 aliphatic carbocycles. The molecule has 2 aromatic heterocycles. The van der Waals surface area contributed by atoms with Gasteiger partial charge in [-0.05, 0) is 37.3 Å². The molecule has 3 saturated carbocycles. The number of benzene rings is 1. The molecular formula is C23H26ClFN6O. The summed E-state index contributed by atoms with van der Waals surface area (Å²) in [5.74, 6) is 0.912. The van der Waals surface area contributed by atoms with Gasteiger partial charge in [0.2, 0.25) is 0 Å². The summed E-state index contributed by atoms with van der Waals surface area (Å²) in [6.07, 6.45) is 8.80. The third kappa shape index (κ3) is 2.79. The van der Waals surface area contributed by atoms with Crippen LogP contribution in [0.2, 0.25) is 5.02 Å². The van der Waals surface area contributed by atoms with Gasteiger partial charge in [-0.1, -0.05) is 11.6 Å². The van der Waals surface area contributed by atoms with Crippen molar-refractivity contribution in [1.82, 2.24) is 24.5 Å². The van der Waals surface area contributed by atoms with Gasteiger partial charge in [-0.2, -0.15) is 10.2 Å². The van der Waals surface area contributed by atoms with Crippen LogP contribution in [-0.4, -0.2) is 76.1 Å². The molecule has 32 heavy (non-hydrogen) atoms. The fourth-order valence-electron chi connectivity index (χ4n) is 6.02. The van der Waals surface area contributed by atoms with Crippen LogP contribution in [0, 0.1) is 5.92 Å². The minimum Gasteiger partial charge on any atom is -0.377 e. The second-order valence-corrected chi connectivity index (χ2v) is 10.3. The van der Waals surface area contributed by atoms with Crippen LogP contribution in [0.25, 0.3) is 16.6 Å². The van der Waals surface area contributed by atoms with E-state index in [1.807, 2.05) is 23.1 Å². The number of ether oxygens (including phenoxy) is 1. The van der Waals surface area contributed by atoms with Crippen LogP contribution >= 0.6 is 11.6 Å². The summed E-state index contributed by atoms with van der Waals surface area (Å²) in [7, 11) is 0. The van der Waals surface area contributed by atoms with E-state index in [1.54, 1.807) is 0 Å². The molecule has 5 aliphatic rings. The highest BCUT2D eigenvalue weighted by Crippen LogP contribution is 2.62. The van der Waals surface area contributed by atoms with E-state index in [1.165, 1.54) is 19.3 Å². The Labute approximate surface area is 190 Å². The highest BCUT2D eigenvalue weighted by Gasteiger charge is 2.58. The number of anilines is 1. The number of aromatic nitrogens is 4. The van der Waals surface area contributed by atoms with Crippen LogP contribution in [0.4, 0.5) is 10.1 Å². The van der Waals surface area contributed by atoms with Crippen LogP contribution in [-0.2, 0) is 10.3 Å². The second-order valence-electron chi connectivity index (χ2n) is 9.91. The Bertz CT molecular complexity index is 1170. The number of hydrogen-bond acceptors (Lipinski definition) is 5. The van der Waals surface area contributed by atoms with E-state index in [9.17, 15) is 4.39 Å². The van der Waals surface area contributed by atoms with Crippen LogP contribution in [0.3, 0.4) is 0 Å². The topological polar surface area (TPSA) is 51.4 Å². The van der Waals surface area contributed by atoms with E-state index >= 15 is 0 Å². The Kier molecular flexibility index (Phi) is 4.18. The highest BCUT2D eigenvalue weighted by molar-refractivity contribution is 6.34. The zero-order valence-electron chi connectivity index (χ0n) is 17.8. The number of halogens is 2. The summed E-state index contributed by atoms with van der Waals surface area (Å²) in [5, 5.41) is 11.0. The third-order valence-electron chi connectivity index (χ3n) is 8.05. The lowest BCUT2D eigenvalue weighted by Crippen LogP contribution is -2.59. The monoisotopic (exact) mass is 456 g/mol. The van der Waals surface area contributed by atoms with E-state index in [-0.39, 0.29) is 18.2 Å². The Morgan fingerprint density at radius 3 is 2.53 bits per heavy atom. The van der Waals surface area contributed by atoms with Gasteiger partial charge in [0.1, 0.15) is 11.9 Å². The van der Waals surface area contributed by atoms with Crippen LogP contribution < -0.4 is 4.90 Å². The predicted octanol–water partition coefficient (Wildman–Crippen LogP) is 3.24. The van der Waals surface area contributed by atoms with Gasteiger partial charge < -0.3 is 9.64 Å². The molecule has 2 saturated heterocycles. The molecule has 0 spiro atoms. The minimum atomic E-state index is -0.887. The highest BCUT2D eigenvalue weighted by atomic mass is 35.5. The van der Waals surface area contributed by atoms with Gasteiger partial charge in [0.15, 0.2) is 0 Å². The van der Waals surface area contributed by atoms with Gasteiger partial charge in [-0.3, -0.25) is 9.58 Å². The standard InChI is InChI=1S/C23H26ClFN6O/c24-18-5-16-10-27-31(17-11-26-30(12-17)23-7-15(8-23)9-23)20(16)6-21(18)28-1-3-29(4-2-28)22-14-32-13-19(22)25/h5-6,10-12,15,19,22H,1-4,7-9,13-14H2/t15?,19-,22-,23?/m1/s1. The first-order valence-corrected chi connectivity index (χ1v) is 11.9. The summed E-state index contributed by atoms with van der Waals surface area (Å²) in [5.41, 5.74) is 3.28. The fraction of sp³-hybridized carbons (Fsp3) is 0.565. The minimum absolute atomic E-state index is 0.117. The third-order valence-corrected chi connectivity index (χ3v) is 8.35. The number of alkyl halides is 1. The van der Waals surface area contributed by atoms with Crippen molar-refractivity contribution >= 4 is 28.2 Å². The van der Waals surface area contributed by atoms with Crippen LogP contribution in [0.15, 0.2) is 30.7 Å². The molecule has 9 heteroatoms. The zero-order chi connectivity index (χ0) is 21.4. The summed E-state index contributed by atoms with van der Waals surface area (Å²) in [4.78, 5) is 4.51. The number of hydrogen-bond donors (Lipinski definition) is 0. The quantitative estimate of drug-likeness (QED) is 0.603. The molecule has 168 valence electrons. The van der Waals surface area contributed by atoms with E-state index in [4.69, 9.17) is 16.3 Å². The van der Waals surface area contributed by atoms with Gasteiger partial charge in [0.05, 0.1) is 59.6 Å². The van der Waals surface area contributed by atoms with Crippen molar-refractivity contribution < 1.29 is 9.13 Å². The molecule has 4 heterocycles. The maximum absolute atomic E-state index is 14.1. The lowest BCUT2D eigenvalue weighted by molar-refractivity contribution is -0.0977. The smallest absolute Gasteiger partial charge is 0.141 e. The number of fused-ring (bicyclic) bond motifs is 1. The first-order valence-electron chi connectivity index (χ1n) is 11.5. The molecular weight excluding hydrogens is 431 g/mol. The van der Waals surface area contributed by atoms with E-state index in [2.05, 4.69) is 36.9 Å². The van der Waals surface area contributed by atoms with Crippen molar-refractivity contribution in [2.24, 2.45) is 5.92 Å². The van der Waals surface area contributed by atoms with Crippen molar-refractivity contribution in [2.75, 3.05) is 44.3 Å². The van der Waals surface area contributed by atoms with Crippen molar-refractivity contribution in [3.63, 3.8) is 0 Å². The van der Waals surface area contributed by atoms with Crippen molar-refractivity contribution in [2.45, 2.75) is 37.0 Å². The molecule has 2 aliphatic heterocycles. The predicted molar refractivity (Wildman–Crippen MR) is 120 cm³/mol. The Hall–Kier alpha value is -2.16. The summed E-state index contributed by atoms with van der Waals surface area (Å²) >= 11 is 6.69. The van der Waals surface area contributed by atoms with Gasteiger partial charge in [0, 0.05) is 31.6 Å². The maximum Gasteiger partial charge on any atom is 0.141 e. The average molecular weight is 457 g/mol. The number of nitrogens with zero attached hydrogens (tertiary/aromatic N) is 6. The lowest BCUT2D eigenvalue weighted by Gasteiger charge is -2.61. The Morgan fingerprint density at radius 1 is 1.03 bits per heavy atom. The van der Waals surface area contributed by atoms with Gasteiger partial charge in [-0.25, -0.2) is 9.07 Å². The molecule has 2 bridgehead atoms. The molecule has 0 amide bonds. The molecule has 1 aromatic carbocycles. The maximum atomic E-state index is 14.1. The molecule has 0 radical (unpaired) electrons. The lowest BCUT2D eigenvalue weighted by atomic mass is 9.50. The van der Waals surface area contributed by atoms with E-state index in [0.717, 1.165) is 59.4 Å². The summed E-state index contributed by atoms with van der Waals surface area (Å²) < 4.78 is 23.5. The van der Waals surface area contributed by atoms with Gasteiger partial charge in [-0.15, -0.1) is 0 Å². The average Bonchev–Trinajstić information content (AvgIpc) is 3.45. The summed E-state index contributed by atoms with van der Waals surface area (Å²) in [6.45, 7) is 3.93. The largest absolute Gasteiger partial charge is 0.377 e. The Balaban J connectivity index is 1.15. The van der Waals surface area contributed by atoms with Gasteiger partial charge >= 0.3 is 0 Å². The van der Waals surface area contributed by atoms with Crippen LogP contribution in [0.5, 0.6) is 0 Å². The Morgan fingerprint density at radius 2 is 1.84 bits per heavy atom. The molecule has 0 N–H and O–H groups in total.